The molecule has 1 aromatic carbocycles. The first-order chi connectivity index (χ1) is 13.2. The summed E-state index contributed by atoms with van der Waals surface area (Å²) in [5, 5.41) is 0. The van der Waals surface area contributed by atoms with Crippen LogP contribution in [0.2, 0.25) is 0 Å². The lowest BCUT2D eigenvalue weighted by atomic mass is 9.69. The number of hydrogen-bond acceptors (Lipinski definition) is 1. The Morgan fingerprint density at radius 2 is 1.59 bits per heavy atom. The second-order valence-electron chi connectivity index (χ2n) is 9.16. The van der Waals surface area contributed by atoms with E-state index in [1.54, 1.807) is 0 Å². The van der Waals surface area contributed by atoms with Gasteiger partial charge in [-0.05, 0) is 79.9 Å². The van der Waals surface area contributed by atoms with E-state index in [0.717, 1.165) is 55.9 Å². The lowest BCUT2D eigenvalue weighted by Gasteiger charge is -2.36. The number of ether oxygens (including phenoxy) is 1. The van der Waals surface area contributed by atoms with Crippen LogP contribution in [0.3, 0.4) is 0 Å². The first-order valence-electron chi connectivity index (χ1n) is 11.3. The summed E-state index contributed by atoms with van der Waals surface area (Å²) in [5.41, 5.74) is 1.50. The average molecular weight is 377 g/mol. The van der Waals surface area contributed by atoms with E-state index in [0.29, 0.717) is 5.56 Å². The Kier molecular flexibility index (Phi) is 6.04. The maximum Gasteiger partial charge on any atom is 0.201 e. The second kappa shape index (κ2) is 8.49. The van der Waals surface area contributed by atoms with Crippen LogP contribution in [0.5, 0.6) is 5.75 Å². The van der Waals surface area contributed by atoms with Crippen molar-refractivity contribution in [1.82, 2.24) is 0 Å². The van der Waals surface area contributed by atoms with Crippen molar-refractivity contribution in [1.29, 1.82) is 0 Å². The van der Waals surface area contributed by atoms with Crippen LogP contribution in [0.25, 0.3) is 0 Å². The average Bonchev–Trinajstić information content (AvgIpc) is 2.72. The molecule has 0 saturated heterocycles. The highest BCUT2D eigenvalue weighted by Crippen LogP contribution is 2.45. The number of rotatable bonds is 4. The highest BCUT2D eigenvalue weighted by molar-refractivity contribution is 5.42. The van der Waals surface area contributed by atoms with E-state index in [-0.39, 0.29) is 17.8 Å². The van der Waals surface area contributed by atoms with Gasteiger partial charge in [0.25, 0.3) is 0 Å². The molecule has 2 saturated carbocycles. The van der Waals surface area contributed by atoms with E-state index in [2.05, 4.69) is 6.92 Å². The minimum atomic E-state index is -0.738. The third-order valence-corrected chi connectivity index (χ3v) is 7.43. The van der Waals surface area contributed by atoms with Gasteiger partial charge in [0.15, 0.2) is 11.6 Å². The number of halogens is 2. The zero-order valence-corrected chi connectivity index (χ0v) is 16.7. The summed E-state index contributed by atoms with van der Waals surface area (Å²) in [7, 11) is 0. The topological polar surface area (TPSA) is 9.23 Å². The van der Waals surface area contributed by atoms with E-state index in [9.17, 15) is 8.78 Å². The predicted molar refractivity (Wildman–Crippen MR) is 105 cm³/mol. The highest BCUT2D eigenvalue weighted by atomic mass is 19.2. The third-order valence-electron chi connectivity index (χ3n) is 7.43. The molecule has 0 bridgehead atoms. The molecule has 1 nitrogen and oxygen atoms in total. The van der Waals surface area contributed by atoms with Crippen LogP contribution in [-0.4, -0.2) is 6.10 Å². The Labute approximate surface area is 162 Å². The van der Waals surface area contributed by atoms with Gasteiger partial charge >= 0.3 is 0 Å². The van der Waals surface area contributed by atoms with Gasteiger partial charge in [-0.3, -0.25) is 0 Å². The third kappa shape index (κ3) is 4.03. The summed E-state index contributed by atoms with van der Waals surface area (Å²) in [6, 6.07) is 1.93. The molecule has 1 heterocycles. The van der Waals surface area contributed by atoms with Gasteiger partial charge in [-0.2, -0.15) is 4.39 Å². The van der Waals surface area contributed by atoms with Crippen molar-refractivity contribution in [3.8, 4) is 5.75 Å². The fourth-order valence-electron chi connectivity index (χ4n) is 5.87. The quantitative estimate of drug-likeness (QED) is 0.535. The zero-order chi connectivity index (χ0) is 18.8. The van der Waals surface area contributed by atoms with Gasteiger partial charge in [-0.15, -0.1) is 0 Å². The summed E-state index contributed by atoms with van der Waals surface area (Å²) in [6.45, 7) is 2.10. The number of benzene rings is 1. The van der Waals surface area contributed by atoms with Gasteiger partial charge in [0.05, 0.1) is 6.10 Å². The Balaban J connectivity index is 1.46. The Hall–Kier alpha value is -1.12. The molecule has 1 aromatic rings. The van der Waals surface area contributed by atoms with Crippen molar-refractivity contribution in [2.75, 3.05) is 0 Å². The Morgan fingerprint density at radius 1 is 0.889 bits per heavy atom. The van der Waals surface area contributed by atoms with Crippen molar-refractivity contribution in [3.63, 3.8) is 0 Å². The molecule has 0 spiro atoms. The van der Waals surface area contributed by atoms with E-state index in [1.165, 1.54) is 44.9 Å². The maximum atomic E-state index is 14.9. The molecular formula is C24H34F2O. The molecular weight excluding hydrogens is 342 g/mol. The monoisotopic (exact) mass is 376 g/mol. The van der Waals surface area contributed by atoms with Gasteiger partial charge in [-0.25, -0.2) is 4.39 Å². The van der Waals surface area contributed by atoms with Gasteiger partial charge in [-0.1, -0.05) is 45.4 Å². The van der Waals surface area contributed by atoms with Crippen LogP contribution in [0.15, 0.2) is 6.07 Å². The smallest absolute Gasteiger partial charge is 0.201 e. The lowest BCUT2D eigenvalue weighted by molar-refractivity contribution is 0.152. The molecule has 0 aromatic heterocycles. The Bertz CT molecular complexity index is 642. The summed E-state index contributed by atoms with van der Waals surface area (Å²) in [4.78, 5) is 0. The van der Waals surface area contributed by atoms with Crippen molar-refractivity contribution in [2.45, 2.75) is 102 Å². The fraction of sp³-hybridized carbons (Fsp3) is 0.750. The molecule has 150 valence electrons. The molecule has 1 atom stereocenters. The van der Waals surface area contributed by atoms with Crippen LogP contribution < -0.4 is 4.74 Å². The molecule has 2 aliphatic carbocycles. The summed E-state index contributed by atoms with van der Waals surface area (Å²) >= 11 is 0. The van der Waals surface area contributed by atoms with Crippen LogP contribution in [0.4, 0.5) is 8.78 Å². The zero-order valence-electron chi connectivity index (χ0n) is 16.7. The minimum Gasteiger partial charge on any atom is -0.487 e. The van der Waals surface area contributed by atoms with E-state index in [4.69, 9.17) is 4.74 Å². The lowest BCUT2D eigenvalue weighted by Crippen LogP contribution is -2.25. The maximum absolute atomic E-state index is 14.9. The standard InChI is InChI=1S/C24H34F2O/c1-2-6-20-14-13-19-15-21(22(25)23(26)24(19)27-20)18-11-9-17(10-12-18)16-7-4-3-5-8-16/h15-18,20H,2-14H2,1H3. The van der Waals surface area contributed by atoms with Crippen LogP contribution in [0.1, 0.15) is 101 Å². The van der Waals surface area contributed by atoms with Gasteiger partial charge in [0.2, 0.25) is 5.82 Å². The van der Waals surface area contributed by atoms with Crippen molar-refractivity contribution >= 4 is 0 Å². The first kappa shape index (κ1) is 19.2. The second-order valence-corrected chi connectivity index (χ2v) is 9.16. The van der Waals surface area contributed by atoms with E-state index in [1.807, 2.05) is 6.07 Å². The molecule has 1 aliphatic heterocycles. The molecule has 3 aliphatic rings. The molecule has 0 amide bonds. The molecule has 0 radical (unpaired) electrons. The summed E-state index contributed by atoms with van der Waals surface area (Å²) in [5.74, 6) is 0.679. The first-order valence-corrected chi connectivity index (χ1v) is 11.3. The van der Waals surface area contributed by atoms with Crippen molar-refractivity contribution < 1.29 is 13.5 Å². The molecule has 0 N–H and O–H groups in total. The van der Waals surface area contributed by atoms with Crippen LogP contribution >= 0.6 is 0 Å². The highest BCUT2D eigenvalue weighted by Gasteiger charge is 2.33. The molecule has 3 heteroatoms. The Morgan fingerprint density at radius 3 is 2.30 bits per heavy atom. The number of aryl methyl sites for hydroxylation is 1. The van der Waals surface area contributed by atoms with Crippen molar-refractivity contribution in [3.05, 3.63) is 28.8 Å². The SMILES string of the molecule is CCCC1CCc2cc(C3CCC(C4CCCCC4)CC3)c(F)c(F)c2O1. The molecule has 2 fully saturated rings. The normalized spacial score (nSPS) is 29.2. The van der Waals surface area contributed by atoms with E-state index < -0.39 is 11.6 Å². The van der Waals surface area contributed by atoms with Gasteiger partial charge in [0.1, 0.15) is 0 Å². The summed E-state index contributed by atoms with van der Waals surface area (Å²) in [6.07, 6.45) is 15.0. The van der Waals surface area contributed by atoms with Gasteiger partial charge in [0, 0.05) is 0 Å². The fourth-order valence-corrected chi connectivity index (χ4v) is 5.87. The summed E-state index contributed by atoms with van der Waals surface area (Å²) < 4.78 is 35.5. The van der Waals surface area contributed by atoms with E-state index >= 15 is 0 Å². The molecule has 4 rings (SSSR count). The molecule has 27 heavy (non-hydrogen) atoms. The largest absolute Gasteiger partial charge is 0.487 e. The van der Waals surface area contributed by atoms with Crippen LogP contribution in [-0.2, 0) is 6.42 Å². The van der Waals surface area contributed by atoms with Gasteiger partial charge < -0.3 is 4.74 Å². The predicted octanol–water partition coefficient (Wildman–Crippen LogP) is 7.31. The van der Waals surface area contributed by atoms with Crippen LogP contribution in [0, 0.1) is 23.5 Å². The van der Waals surface area contributed by atoms with Crippen molar-refractivity contribution in [2.24, 2.45) is 11.8 Å². The molecule has 1 unspecified atom stereocenters. The minimum absolute atomic E-state index is 0.0354. The number of hydrogen-bond donors (Lipinski definition) is 0. The number of fused-ring (bicyclic) bond motifs is 1.